The van der Waals surface area contributed by atoms with Crippen molar-refractivity contribution >= 4 is 0 Å². The molecule has 1 aliphatic rings. The molecular weight excluding hydrogens is 210 g/mol. The van der Waals surface area contributed by atoms with E-state index in [-0.39, 0.29) is 5.41 Å². The predicted octanol–water partition coefficient (Wildman–Crippen LogP) is 2.68. The summed E-state index contributed by atoms with van der Waals surface area (Å²) >= 11 is 0. The van der Waals surface area contributed by atoms with E-state index in [9.17, 15) is 0 Å². The second-order valence-electron chi connectivity index (χ2n) is 5.81. The molecule has 0 saturated heterocycles. The van der Waals surface area contributed by atoms with Crippen molar-refractivity contribution in [2.75, 3.05) is 0 Å². The summed E-state index contributed by atoms with van der Waals surface area (Å²) in [5.74, 6) is 0.482. The van der Waals surface area contributed by atoms with Crippen LogP contribution < -0.4 is 5.73 Å². The third-order valence-corrected chi connectivity index (χ3v) is 3.64. The fourth-order valence-corrected chi connectivity index (χ4v) is 2.64. The van der Waals surface area contributed by atoms with E-state index in [1.165, 1.54) is 5.56 Å². The van der Waals surface area contributed by atoms with Crippen LogP contribution in [0.4, 0.5) is 0 Å². The summed E-state index contributed by atoms with van der Waals surface area (Å²) in [7, 11) is 0. The Bertz CT molecular complexity index is 447. The Balaban J connectivity index is 2.18. The largest absolute Gasteiger partial charge is 0.320 e. The minimum absolute atomic E-state index is 0.271. The van der Waals surface area contributed by atoms with Gasteiger partial charge in [0.1, 0.15) is 0 Å². The van der Waals surface area contributed by atoms with Crippen molar-refractivity contribution in [2.45, 2.75) is 45.1 Å². The summed E-state index contributed by atoms with van der Waals surface area (Å²) < 4.78 is 0. The topological polar surface area (TPSA) is 62.7 Å². The maximum Gasteiger partial charge on any atom is 0.0688 e. The number of hydrogen-bond donors (Lipinski definition) is 1. The Kier molecular flexibility index (Phi) is 2.71. The lowest BCUT2D eigenvalue weighted by molar-refractivity contribution is 0.0938. The average Bonchev–Trinajstić information content (AvgIpc) is 2.27. The van der Waals surface area contributed by atoms with Crippen molar-refractivity contribution in [1.29, 1.82) is 5.26 Å². The quantitative estimate of drug-likeness (QED) is 0.848. The number of nitriles is 1. The van der Waals surface area contributed by atoms with Gasteiger partial charge in [-0.25, -0.2) is 0 Å². The van der Waals surface area contributed by atoms with Gasteiger partial charge in [0, 0.05) is 6.20 Å². The summed E-state index contributed by atoms with van der Waals surface area (Å²) in [4.78, 5) is 4.46. The summed E-state index contributed by atoms with van der Waals surface area (Å²) in [6, 6.07) is 6.42. The normalized spacial score (nSPS) is 32.0. The van der Waals surface area contributed by atoms with Crippen LogP contribution in [0.2, 0.25) is 0 Å². The van der Waals surface area contributed by atoms with E-state index < -0.39 is 5.54 Å². The zero-order valence-electron chi connectivity index (χ0n) is 10.7. The average molecular weight is 229 g/mol. The van der Waals surface area contributed by atoms with Crippen LogP contribution in [-0.2, 0) is 5.54 Å². The first-order chi connectivity index (χ1) is 7.88. The van der Waals surface area contributed by atoms with Crippen molar-refractivity contribution in [3.05, 3.63) is 29.6 Å². The van der Waals surface area contributed by atoms with Gasteiger partial charge in [0.15, 0.2) is 0 Å². The number of nitrogens with zero attached hydrogens (tertiary/aromatic N) is 2. The van der Waals surface area contributed by atoms with E-state index in [4.69, 9.17) is 11.0 Å². The monoisotopic (exact) mass is 229 g/mol. The standard InChI is InChI=1S/C14H19N3/c1-10(2)11-4-5-12(17-6-11)14(16)7-13(3,8-14)9-15/h4-6,10H,7-8,16H2,1-3H3. The van der Waals surface area contributed by atoms with Crippen LogP contribution in [0.5, 0.6) is 0 Å². The number of pyridine rings is 1. The van der Waals surface area contributed by atoms with Crippen molar-refractivity contribution < 1.29 is 0 Å². The molecule has 1 aromatic heterocycles. The molecule has 0 atom stereocenters. The van der Waals surface area contributed by atoms with Gasteiger partial charge < -0.3 is 5.73 Å². The summed E-state index contributed by atoms with van der Waals surface area (Å²) in [5, 5.41) is 9.02. The van der Waals surface area contributed by atoms with Crippen LogP contribution in [-0.4, -0.2) is 4.98 Å². The molecule has 3 heteroatoms. The Morgan fingerprint density at radius 3 is 2.47 bits per heavy atom. The van der Waals surface area contributed by atoms with Gasteiger partial charge in [0.05, 0.1) is 22.7 Å². The van der Waals surface area contributed by atoms with E-state index in [2.05, 4.69) is 31.0 Å². The predicted molar refractivity (Wildman–Crippen MR) is 67.1 cm³/mol. The van der Waals surface area contributed by atoms with Gasteiger partial charge in [0.25, 0.3) is 0 Å². The molecule has 90 valence electrons. The molecule has 0 radical (unpaired) electrons. The number of nitrogens with two attached hydrogens (primary N) is 1. The molecule has 1 heterocycles. The van der Waals surface area contributed by atoms with E-state index in [1.54, 1.807) is 0 Å². The lowest BCUT2D eigenvalue weighted by atomic mass is 9.58. The molecule has 3 nitrogen and oxygen atoms in total. The highest BCUT2D eigenvalue weighted by Crippen LogP contribution is 2.51. The van der Waals surface area contributed by atoms with Gasteiger partial charge in [-0.2, -0.15) is 5.26 Å². The van der Waals surface area contributed by atoms with Gasteiger partial charge in [0.2, 0.25) is 0 Å². The third-order valence-electron chi connectivity index (χ3n) is 3.64. The van der Waals surface area contributed by atoms with Gasteiger partial charge in [-0.15, -0.1) is 0 Å². The van der Waals surface area contributed by atoms with E-state index in [0.29, 0.717) is 18.8 Å². The number of aromatic nitrogens is 1. The molecule has 0 bridgehead atoms. The van der Waals surface area contributed by atoms with Crippen molar-refractivity contribution in [3.8, 4) is 6.07 Å². The molecular formula is C14H19N3. The molecule has 2 rings (SSSR count). The van der Waals surface area contributed by atoms with Crippen LogP contribution in [0.3, 0.4) is 0 Å². The second kappa shape index (κ2) is 3.82. The molecule has 1 aliphatic carbocycles. The number of hydrogen-bond acceptors (Lipinski definition) is 3. The lowest BCUT2D eigenvalue weighted by Crippen LogP contribution is -2.54. The molecule has 1 saturated carbocycles. The Hall–Kier alpha value is -1.40. The Morgan fingerprint density at radius 1 is 1.41 bits per heavy atom. The van der Waals surface area contributed by atoms with Crippen LogP contribution in [0.15, 0.2) is 18.3 Å². The van der Waals surface area contributed by atoms with Gasteiger partial charge in [-0.3, -0.25) is 4.98 Å². The zero-order valence-corrected chi connectivity index (χ0v) is 10.7. The van der Waals surface area contributed by atoms with Crippen LogP contribution in [0.25, 0.3) is 0 Å². The lowest BCUT2D eigenvalue weighted by Gasteiger charge is -2.48. The Labute approximate surface area is 103 Å². The maximum absolute atomic E-state index is 9.02. The van der Waals surface area contributed by atoms with E-state index >= 15 is 0 Å². The summed E-state index contributed by atoms with van der Waals surface area (Å²) in [6.07, 6.45) is 3.30. The van der Waals surface area contributed by atoms with Gasteiger partial charge >= 0.3 is 0 Å². The molecule has 0 unspecified atom stereocenters. The zero-order chi connectivity index (χ0) is 12.7. The van der Waals surface area contributed by atoms with Gasteiger partial charge in [-0.1, -0.05) is 19.9 Å². The van der Waals surface area contributed by atoms with Crippen molar-refractivity contribution in [2.24, 2.45) is 11.1 Å². The molecule has 1 aromatic rings. The summed E-state index contributed by atoms with van der Waals surface area (Å²) in [5.41, 5.74) is 7.75. The highest BCUT2D eigenvalue weighted by molar-refractivity contribution is 5.28. The minimum Gasteiger partial charge on any atom is -0.320 e. The van der Waals surface area contributed by atoms with Crippen LogP contribution in [0, 0.1) is 16.7 Å². The first kappa shape index (κ1) is 12.1. The second-order valence-corrected chi connectivity index (χ2v) is 5.81. The SMILES string of the molecule is CC(C)c1ccc(C2(N)CC(C)(C#N)C2)nc1. The Morgan fingerprint density at radius 2 is 2.06 bits per heavy atom. The highest BCUT2D eigenvalue weighted by atomic mass is 14.9. The molecule has 0 amide bonds. The molecule has 0 spiro atoms. The minimum atomic E-state index is -0.403. The first-order valence-corrected chi connectivity index (χ1v) is 6.05. The molecule has 0 aromatic carbocycles. The van der Waals surface area contributed by atoms with Gasteiger partial charge in [-0.05, 0) is 37.3 Å². The maximum atomic E-state index is 9.02. The molecule has 2 N–H and O–H groups in total. The fourth-order valence-electron chi connectivity index (χ4n) is 2.64. The van der Waals surface area contributed by atoms with E-state index in [0.717, 1.165) is 5.69 Å². The smallest absolute Gasteiger partial charge is 0.0688 e. The number of rotatable bonds is 2. The molecule has 17 heavy (non-hydrogen) atoms. The third kappa shape index (κ3) is 2.05. The molecule has 1 fully saturated rings. The van der Waals surface area contributed by atoms with Crippen LogP contribution in [0.1, 0.15) is 50.8 Å². The fraction of sp³-hybridized carbons (Fsp3) is 0.571. The van der Waals surface area contributed by atoms with Crippen molar-refractivity contribution in [3.63, 3.8) is 0 Å². The molecule has 0 aliphatic heterocycles. The highest BCUT2D eigenvalue weighted by Gasteiger charge is 2.51. The van der Waals surface area contributed by atoms with Crippen LogP contribution >= 0.6 is 0 Å². The van der Waals surface area contributed by atoms with Crippen molar-refractivity contribution in [1.82, 2.24) is 4.98 Å². The van der Waals surface area contributed by atoms with E-state index in [1.807, 2.05) is 19.2 Å². The first-order valence-electron chi connectivity index (χ1n) is 6.05. The summed E-state index contributed by atoms with van der Waals surface area (Å²) in [6.45, 7) is 6.25.